The summed E-state index contributed by atoms with van der Waals surface area (Å²) in [6.07, 6.45) is 1.60. The predicted octanol–water partition coefficient (Wildman–Crippen LogP) is 4.96. The van der Waals surface area contributed by atoms with Crippen molar-refractivity contribution >= 4 is 56.8 Å². The lowest BCUT2D eigenvalue weighted by molar-refractivity contribution is 0.0714. The lowest BCUT2D eigenvalue weighted by Crippen LogP contribution is -2.42. The van der Waals surface area contributed by atoms with Gasteiger partial charge in [-0.25, -0.2) is 0 Å². The van der Waals surface area contributed by atoms with E-state index in [9.17, 15) is 9.59 Å². The number of halogens is 2. The number of fused-ring (bicyclic) bond motifs is 3. The summed E-state index contributed by atoms with van der Waals surface area (Å²) in [5.74, 6) is -0.566. The predicted molar refractivity (Wildman–Crippen MR) is 133 cm³/mol. The highest BCUT2D eigenvalue weighted by Crippen LogP contribution is 2.35. The molecule has 0 atom stereocenters. The molecule has 0 aliphatic carbocycles. The minimum absolute atomic E-state index is 0.0195. The van der Waals surface area contributed by atoms with Gasteiger partial charge in [0.05, 0.1) is 21.1 Å². The lowest BCUT2D eigenvalue weighted by Gasteiger charge is -2.30. The van der Waals surface area contributed by atoms with E-state index in [2.05, 4.69) is 4.98 Å². The van der Waals surface area contributed by atoms with E-state index in [1.165, 1.54) is 0 Å². The lowest BCUT2D eigenvalue weighted by atomic mass is 9.98. The molecular formula is C25H22Cl2N4O2. The molecule has 0 bridgehead atoms. The number of nitrogens with two attached hydrogens (primary N) is 2. The van der Waals surface area contributed by atoms with Crippen molar-refractivity contribution in [1.82, 2.24) is 9.88 Å². The summed E-state index contributed by atoms with van der Waals surface area (Å²) in [7, 11) is 0. The number of primary amides is 1. The van der Waals surface area contributed by atoms with Crippen molar-refractivity contribution in [3.05, 3.63) is 69.7 Å². The average Bonchev–Trinajstić information content (AvgIpc) is 3.18. The van der Waals surface area contributed by atoms with Crippen LogP contribution in [0, 0.1) is 0 Å². The Bertz CT molecular complexity index is 1420. The molecule has 6 nitrogen and oxygen atoms in total. The van der Waals surface area contributed by atoms with Crippen molar-refractivity contribution in [3.8, 4) is 11.1 Å². The van der Waals surface area contributed by atoms with Crippen LogP contribution in [0.5, 0.6) is 0 Å². The number of piperidine rings is 1. The van der Waals surface area contributed by atoms with Crippen LogP contribution in [-0.2, 0) is 0 Å². The Morgan fingerprint density at radius 2 is 1.67 bits per heavy atom. The number of H-pyrrole nitrogens is 1. The first-order chi connectivity index (χ1) is 15.8. The number of amides is 2. The quantitative estimate of drug-likeness (QED) is 0.385. The summed E-state index contributed by atoms with van der Waals surface area (Å²) < 4.78 is 0. The molecule has 0 spiro atoms. The molecule has 1 aromatic heterocycles. The number of nitrogens with one attached hydrogen (secondary N) is 1. The van der Waals surface area contributed by atoms with Crippen molar-refractivity contribution in [3.63, 3.8) is 0 Å². The van der Waals surface area contributed by atoms with Gasteiger partial charge in [0.2, 0.25) is 0 Å². The highest BCUT2D eigenvalue weighted by molar-refractivity contribution is 6.42. The highest BCUT2D eigenvalue weighted by Gasteiger charge is 2.23. The van der Waals surface area contributed by atoms with Gasteiger partial charge in [0.1, 0.15) is 0 Å². The van der Waals surface area contributed by atoms with Crippen molar-refractivity contribution < 1.29 is 9.59 Å². The van der Waals surface area contributed by atoms with Crippen LogP contribution >= 0.6 is 23.2 Å². The SMILES string of the molecule is NC(=O)c1cc(-c2ccc(Cl)c(Cl)c2)cc2c1[nH]c1ccc(C(=O)N3CCC(N)CC3)cc12. The number of rotatable bonds is 3. The Balaban J connectivity index is 1.65. The molecule has 5 rings (SSSR count). The first-order valence-corrected chi connectivity index (χ1v) is 11.5. The van der Waals surface area contributed by atoms with Gasteiger partial charge in [-0.15, -0.1) is 0 Å². The summed E-state index contributed by atoms with van der Waals surface area (Å²) in [5.41, 5.74) is 15.7. The van der Waals surface area contributed by atoms with Crippen LogP contribution in [-0.4, -0.2) is 40.8 Å². The van der Waals surface area contributed by atoms with Crippen molar-refractivity contribution in [2.75, 3.05) is 13.1 Å². The summed E-state index contributed by atoms with van der Waals surface area (Å²) in [6.45, 7) is 1.30. The standard InChI is InChI=1S/C25H22Cl2N4O2/c26-20-3-1-13(12-21(20)27)15-10-18-17-9-14(25(33)31-7-5-16(28)6-8-31)2-4-22(17)30-23(18)19(11-15)24(29)32/h1-4,9-12,16,30H,5-8,28H2,(H2,29,32). The maximum Gasteiger partial charge on any atom is 0.253 e. The number of aromatic nitrogens is 1. The van der Waals surface area contributed by atoms with E-state index in [-0.39, 0.29) is 11.9 Å². The third-order valence-electron chi connectivity index (χ3n) is 6.30. The van der Waals surface area contributed by atoms with Crippen molar-refractivity contribution in [1.29, 1.82) is 0 Å². The normalized spacial score (nSPS) is 14.8. The molecule has 0 saturated carbocycles. The first kappa shape index (κ1) is 21.8. The molecule has 0 unspecified atom stereocenters. The molecule has 2 amide bonds. The minimum Gasteiger partial charge on any atom is -0.366 e. The molecule has 1 saturated heterocycles. The molecule has 33 heavy (non-hydrogen) atoms. The largest absolute Gasteiger partial charge is 0.366 e. The maximum atomic E-state index is 13.1. The van der Waals surface area contributed by atoms with Gasteiger partial charge in [-0.05, 0) is 66.4 Å². The first-order valence-electron chi connectivity index (χ1n) is 10.7. The molecule has 1 aliphatic rings. The van der Waals surface area contributed by atoms with Gasteiger partial charge in [0.25, 0.3) is 11.8 Å². The molecule has 4 aromatic rings. The smallest absolute Gasteiger partial charge is 0.253 e. The van der Waals surface area contributed by atoms with Crippen LogP contribution in [0.25, 0.3) is 32.9 Å². The van der Waals surface area contributed by atoms with Crippen LogP contribution in [0.1, 0.15) is 33.6 Å². The molecular weight excluding hydrogens is 459 g/mol. The second-order valence-electron chi connectivity index (χ2n) is 8.45. The second kappa shape index (κ2) is 8.37. The Labute approximate surface area is 200 Å². The molecule has 8 heteroatoms. The number of hydrogen-bond acceptors (Lipinski definition) is 3. The van der Waals surface area contributed by atoms with Gasteiger partial charge in [-0.3, -0.25) is 9.59 Å². The van der Waals surface area contributed by atoms with Gasteiger partial charge in [0.15, 0.2) is 0 Å². The van der Waals surface area contributed by atoms with Gasteiger partial charge in [-0.1, -0.05) is 29.3 Å². The highest BCUT2D eigenvalue weighted by atomic mass is 35.5. The third kappa shape index (κ3) is 3.95. The number of likely N-dealkylation sites (tertiary alicyclic amines) is 1. The zero-order valence-corrected chi connectivity index (χ0v) is 19.2. The van der Waals surface area contributed by atoms with Gasteiger partial charge < -0.3 is 21.4 Å². The molecule has 3 aromatic carbocycles. The van der Waals surface area contributed by atoms with Crippen LogP contribution in [0.3, 0.4) is 0 Å². The van der Waals surface area contributed by atoms with Crippen LogP contribution in [0.2, 0.25) is 10.0 Å². The monoisotopic (exact) mass is 480 g/mol. The fourth-order valence-electron chi connectivity index (χ4n) is 4.45. The molecule has 2 heterocycles. The van der Waals surface area contributed by atoms with Crippen LogP contribution in [0.4, 0.5) is 0 Å². The van der Waals surface area contributed by atoms with Gasteiger partial charge >= 0.3 is 0 Å². The fourth-order valence-corrected chi connectivity index (χ4v) is 4.75. The number of nitrogens with zero attached hydrogens (tertiary/aromatic N) is 1. The number of hydrogen-bond donors (Lipinski definition) is 3. The minimum atomic E-state index is -0.547. The van der Waals surface area contributed by atoms with E-state index < -0.39 is 5.91 Å². The summed E-state index contributed by atoms with van der Waals surface area (Å²) in [6, 6.07) is 14.7. The van der Waals surface area contributed by atoms with E-state index in [0.717, 1.165) is 40.3 Å². The number of aromatic amines is 1. The van der Waals surface area contributed by atoms with E-state index in [1.807, 2.05) is 29.2 Å². The van der Waals surface area contributed by atoms with Crippen LogP contribution < -0.4 is 11.5 Å². The van der Waals surface area contributed by atoms with Crippen LogP contribution in [0.15, 0.2) is 48.5 Å². The number of carbonyl (C=O) groups excluding carboxylic acids is 2. The average molecular weight is 481 g/mol. The maximum absolute atomic E-state index is 13.1. The molecule has 1 fully saturated rings. The van der Waals surface area contributed by atoms with Gasteiger partial charge in [-0.2, -0.15) is 0 Å². The number of carbonyl (C=O) groups is 2. The summed E-state index contributed by atoms with van der Waals surface area (Å²) in [4.78, 5) is 30.5. The number of benzene rings is 3. The Morgan fingerprint density at radius 3 is 2.36 bits per heavy atom. The topological polar surface area (TPSA) is 105 Å². The molecule has 1 aliphatic heterocycles. The molecule has 0 radical (unpaired) electrons. The van der Waals surface area contributed by atoms with Gasteiger partial charge in [0, 0.05) is 41.0 Å². The Hall–Kier alpha value is -3.06. The Kier molecular flexibility index (Phi) is 5.52. The van der Waals surface area contributed by atoms with E-state index >= 15 is 0 Å². The molecule has 5 N–H and O–H groups in total. The van der Waals surface area contributed by atoms with Crippen molar-refractivity contribution in [2.24, 2.45) is 11.5 Å². The van der Waals surface area contributed by atoms with E-state index in [4.69, 9.17) is 34.7 Å². The van der Waals surface area contributed by atoms with E-state index in [0.29, 0.717) is 39.8 Å². The summed E-state index contributed by atoms with van der Waals surface area (Å²) >= 11 is 12.3. The fraction of sp³-hybridized carbons (Fsp3) is 0.200. The second-order valence-corrected chi connectivity index (χ2v) is 9.27. The summed E-state index contributed by atoms with van der Waals surface area (Å²) in [5, 5.41) is 2.51. The molecule has 168 valence electrons. The van der Waals surface area contributed by atoms with Crippen molar-refractivity contribution in [2.45, 2.75) is 18.9 Å². The third-order valence-corrected chi connectivity index (χ3v) is 7.04. The van der Waals surface area contributed by atoms with E-state index in [1.54, 1.807) is 24.3 Å². The zero-order chi connectivity index (χ0) is 23.3. The Morgan fingerprint density at radius 1 is 0.909 bits per heavy atom. The zero-order valence-electron chi connectivity index (χ0n) is 17.7.